The highest BCUT2D eigenvalue weighted by Crippen LogP contribution is 2.68. The summed E-state index contributed by atoms with van der Waals surface area (Å²) in [5, 5.41) is 19.1. The molecule has 2 bridgehead atoms. The van der Waals surface area contributed by atoms with Gasteiger partial charge in [0.1, 0.15) is 18.2 Å². The first-order chi connectivity index (χ1) is 22.4. The SMILES string of the molecule is C=CCCCCOC(=O)[C@H]1[C@H]2C(=O)N([C@H](CO)c3ccccc3)C(C(=O)N(CC=C)Cn3nnc4ccccc43)C23CC(Br)[C@@H]1S3. The number of allylic oxidation sites excluding steroid dienone is 1. The number of nitrogens with zero attached hydrogens (tertiary/aromatic N) is 5. The van der Waals surface area contributed by atoms with E-state index in [0.717, 1.165) is 18.4 Å². The minimum atomic E-state index is -0.961. The lowest BCUT2D eigenvalue weighted by Gasteiger charge is -2.40. The van der Waals surface area contributed by atoms with Crippen molar-refractivity contribution in [2.24, 2.45) is 11.8 Å². The maximum absolute atomic E-state index is 15.0. The van der Waals surface area contributed by atoms with Crippen LogP contribution in [0.3, 0.4) is 0 Å². The number of ether oxygens (including phenoxy) is 1. The third-order valence-corrected chi connectivity index (χ3v) is 12.6. The number of halogens is 1. The Hall–Kier alpha value is -3.48. The van der Waals surface area contributed by atoms with Gasteiger partial charge in [0.2, 0.25) is 11.8 Å². The van der Waals surface area contributed by atoms with Crippen LogP contribution in [0.2, 0.25) is 0 Å². The van der Waals surface area contributed by atoms with Gasteiger partial charge in [-0.3, -0.25) is 14.4 Å². The van der Waals surface area contributed by atoms with Crippen LogP contribution < -0.4 is 0 Å². The van der Waals surface area contributed by atoms with Gasteiger partial charge in [0.15, 0.2) is 0 Å². The number of esters is 1. The molecule has 3 aromatic rings. The molecule has 1 aromatic heterocycles. The Morgan fingerprint density at radius 2 is 1.91 bits per heavy atom. The minimum Gasteiger partial charge on any atom is -0.465 e. The number of aliphatic hydroxyl groups excluding tert-OH is 1. The fourth-order valence-electron chi connectivity index (χ4n) is 7.37. The predicted molar refractivity (Wildman–Crippen MR) is 180 cm³/mol. The number of likely N-dealkylation sites (tertiary alicyclic amines) is 1. The molecule has 2 amide bonds. The summed E-state index contributed by atoms with van der Waals surface area (Å²) in [6.45, 7) is 7.80. The molecule has 3 unspecified atom stereocenters. The average molecular weight is 709 g/mol. The molecule has 3 fully saturated rings. The number of alkyl halides is 1. The van der Waals surface area contributed by atoms with Crippen LogP contribution in [0.15, 0.2) is 79.9 Å². The zero-order chi connectivity index (χ0) is 32.4. The Morgan fingerprint density at radius 1 is 1.15 bits per heavy atom. The number of unbranched alkanes of at least 4 members (excludes halogenated alkanes) is 2. The van der Waals surface area contributed by atoms with Gasteiger partial charge in [0, 0.05) is 16.6 Å². The Balaban J connectivity index is 1.39. The molecule has 0 aliphatic carbocycles. The first-order valence-corrected chi connectivity index (χ1v) is 17.4. The number of hydrogen-bond acceptors (Lipinski definition) is 8. The van der Waals surface area contributed by atoms with Crippen molar-refractivity contribution in [2.45, 2.75) is 59.3 Å². The van der Waals surface area contributed by atoms with E-state index in [9.17, 15) is 19.5 Å². The van der Waals surface area contributed by atoms with E-state index in [1.807, 2.05) is 60.7 Å². The first-order valence-electron chi connectivity index (χ1n) is 15.6. The van der Waals surface area contributed by atoms with E-state index >= 15 is 0 Å². The van der Waals surface area contributed by atoms with Gasteiger partial charge in [-0.05, 0) is 43.4 Å². The van der Waals surface area contributed by atoms with Gasteiger partial charge in [0.25, 0.3) is 0 Å². The fourth-order valence-corrected chi connectivity index (χ4v) is 11.0. The van der Waals surface area contributed by atoms with Crippen molar-refractivity contribution in [3.05, 3.63) is 85.5 Å². The van der Waals surface area contributed by atoms with E-state index in [4.69, 9.17) is 4.74 Å². The molecule has 3 saturated heterocycles. The number of fused-ring (bicyclic) bond motifs is 2. The summed E-state index contributed by atoms with van der Waals surface area (Å²) in [7, 11) is 0. The summed E-state index contributed by atoms with van der Waals surface area (Å²) < 4.78 is 6.52. The number of amides is 2. The molecule has 6 rings (SSSR count). The molecule has 1 spiro atoms. The van der Waals surface area contributed by atoms with E-state index in [1.165, 1.54) is 0 Å². The topological polar surface area (TPSA) is 118 Å². The number of aromatic nitrogens is 3. The molecular formula is C34H38BrN5O5S. The van der Waals surface area contributed by atoms with Gasteiger partial charge in [-0.15, -0.1) is 30.0 Å². The van der Waals surface area contributed by atoms with Crippen LogP contribution in [0.1, 0.15) is 37.3 Å². The zero-order valence-electron chi connectivity index (χ0n) is 25.5. The maximum atomic E-state index is 15.0. The molecular weight excluding hydrogens is 670 g/mol. The van der Waals surface area contributed by atoms with Crippen LogP contribution in [0.5, 0.6) is 0 Å². The number of thioether (sulfide) groups is 1. The van der Waals surface area contributed by atoms with Gasteiger partial charge >= 0.3 is 5.97 Å². The van der Waals surface area contributed by atoms with Crippen LogP contribution >= 0.6 is 27.7 Å². The molecule has 0 radical (unpaired) electrons. The van der Waals surface area contributed by atoms with Crippen molar-refractivity contribution in [3.63, 3.8) is 0 Å². The highest BCUT2D eigenvalue weighted by atomic mass is 79.9. The van der Waals surface area contributed by atoms with Gasteiger partial charge in [0.05, 0.1) is 41.4 Å². The Labute approximate surface area is 281 Å². The predicted octanol–water partition coefficient (Wildman–Crippen LogP) is 4.50. The summed E-state index contributed by atoms with van der Waals surface area (Å²) in [6, 6.07) is 15.0. The molecule has 0 saturated carbocycles. The van der Waals surface area contributed by atoms with Crippen LogP contribution in [-0.2, 0) is 25.8 Å². The molecule has 7 atom stereocenters. The second kappa shape index (κ2) is 13.7. The lowest BCUT2D eigenvalue weighted by molar-refractivity contribution is -0.154. The maximum Gasteiger partial charge on any atom is 0.310 e. The molecule has 242 valence electrons. The number of carbonyl (C=O) groups excluding carboxylic acids is 3. The van der Waals surface area contributed by atoms with E-state index in [1.54, 1.807) is 32.3 Å². The van der Waals surface area contributed by atoms with E-state index in [0.29, 0.717) is 23.9 Å². The molecule has 46 heavy (non-hydrogen) atoms. The van der Waals surface area contributed by atoms with Crippen molar-refractivity contribution in [3.8, 4) is 0 Å². The van der Waals surface area contributed by atoms with E-state index < -0.39 is 34.6 Å². The second-order valence-electron chi connectivity index (χ2n) is 12.0. The molecule has 3 aliphatic heterocycles. The monoisotopic (exact) mass is 707 g/mol. The van der Waals surface area contributed by atoms with Crippen molar-refractivity contribution in [1.29, 1.82) is 0 Å². The number of carbonyl (C=O) groups is 3. The summed E-state index contributed by atoms with van der Waals surface area (Å²) >= 11 is 5.36. The van der Waals surface area contributed by atoms with E-state index in [2.05, 4.69) is 39.4 Å². The summed E-state index contributed by atoms with van der Waals surface area (Å²) in [6.07, 6.45) is 6.38. The number of para-hydroxylation sites is 1. The largest absolute Gasteiger partial charge is 0.465 e. The van der Waals surface area contributed by atoms with Crippen LogP contribution in [0.25, 0.3) is 11.0 Å². The van der Waals surface area contributed by atoms with Crippen LogP contribution in [0, 0.1) is 11.8 Å². The van der Waals surface area contributed by atoms with Gasteiger partial charge in [-0.25, -0.2) is 4.68 Å². The van der Waals surface area contributed by atoms with Crippen molar-refractivity contribution >= 4 is 56.5 Å². The van der Waals surface area contributed by atoms with Crippen LogP contribution in [0.4, 0.5) is 0 Å². The Bertz CT molecular complexity index is 1620. The van der Waals surface area contributed by atoms with Gasteiger partial charge in [-0.1, -0.05) is 75.8 Å². The van der Waals surface area contributed by atoms with Gasteiger partial charge in [-0.2, -0.15) is 0 Å². The number of aliphatic hydroxyl groups is 1. The average Bonchev–Trinajstić information content (AvgIpc) is 3.79. The highest BCUT2D eigenvalue weighted by molar-refractivity contribution is 9.09. The summed E-state index contributed by atoms with van der Waals surface area (Å²) in [4.78, 5) is 46.5. The smallest absolute Gasteiger partial charge is 0.310 e. The van der Waals surface area contributed by atoms with Gasteiger partial charge < -0.3 is 19.6 Å². The van der Waals surface area contributed by atoms with Crippen LogP contribution in [-0.4, -0.2) is 88.3 Å². The standard InChI is InChI=1S/C34H38BrN5O5S/c1-3-5-6-12-18-45-33(44)27-28-31(42)40(26(20-41)22-13-8-7-9-14-22)30(34(28)19-23(35)29(27)46-34)32(43)38(17-4-2)21-39-25-16-11-10-15-24(25)36-37-39/h3-4,7-11,13-16,23,26-30,41H,1-2,5-6,12,17-21H2/t23?,26-,27+,28+,29+,30?,34?/m1/s1. The lowest BCUT2D eigenvalue weighted by atomic mass is 9.71. The second-order valence-corrected chi connectivity index (χ2v) is 14.8. The normalized spacial score (nSPS) is 27.0. The highest BCUT2D eigenvalue weighted by Gasteiger charge is 2.76. The molecule has 2 aromatic carbocycles. The van der Waals surface area contributed by atoms with Crippen molar-refractivity contribution in [1.82, 2.24) is 24.8 Å². The van der Waals surface area contributed by atoms with E-state index in [-0.39, 0.29) is 48.3 Å². The zero-order valence-corrected chi connectivity index (χ0v) is 27.9. The third-order valence-electron chi connectivity index (χ3n) is 9.36. The first kappa shape index (κ1) is 32.5. The van der Waals surface area contributed by atoms with Crippen molar-refractivity contribution in [2.75, 3.05) is 19.8 Å². The summed E-state index contributed by atoms with van der Waals surface area (Å²) in [5.74, 6) is -2.52. The number of benzene rings is 2. The molecule has 3 aliphatic rings. The fraction of sp³-hybridized carbons (Fsp3) is 0.441. The quantitative estimate of drug-likeness (QED) is 0.113. The molecule has 4 heterocycles. The minimum absolute atomic E-state index is 0.0851. The molecule has 1 N–H and O–H groups in total. The Kier molecular flexibility index (Phi) is 9.67. The summed E-state index contributed by atoms with van der Waals surface area (Å²) in [5.41, 5.74) is 2.18. The van der Waals surface area contributed by atoms with Crippen molar-refractivity contribution < 1.29 is 24.2 Å². The number of hydrogen-bond donors (Lipinski definition) is 1. The Morgan fingerprint density at radius 3 is 2.65 bits per heavy atom. The number of rotatable bonds is 14. The molecule has 12 heteroatoms. The third kappa shape index (κ3) is 5.58. The lowest BCUT2D eigenvalue weighted by Crippen LogP contribution is -2.56. The molecule has 10 nitrogen and oxygen atoms in total.